The van der Waals surface area contributed by atoms with Gasteiger partial charge in [0.05, 0.1) is 6.26 Å². The third-order valence-corrected chi connectivity index (χ3v) is 4.75. The number of amides is 1. The fourth-order valence-electron chi connectivity index (χ4n) is 3.24. The Kier molecular flexibility index (Phi) is 4.91. The fourth-order valence-corrected chi connectivity index (χ4v) is 3.24. The van der Waals surface area contributed by atoms with Crippen LogP contribution in [0.25, 0.3) is 11.4 Å². The lowest BCUT2D eigenvalue weighted by Crippen LogP contribution is -2.29. The lowest BCUT2D eigenvalue weighted by Gasteiger charge is -2.28. The second-order valence-corrected chi connectivity index (χ2v) is 6.72. The van der Waals surface area contributed by atoms with E-state index in [9.17, 15) is 4.79 Å². The van der Waals surface area contributed by atoms with Gasteiger partial charge in [-0.3, -0.25) is 4.79 Å². The topological polar surface area (TPSA) is 84.4 Å². The average molecular weight is 366 g/mol. The zero-order chi connectivity index (χ0) is 18.6. The summed E-state index contributed by atoms with van der Waals surface area (Å²) in [4.78, 5) is 18.9. The molecule has 0 radical (unpaired) electrons. The van der Waals surface area contributed by atoms with Crippen LogP contribution in [0.15, 0.2) is 51.6 Å². The van der Waals surface area contributed by atoms with Gasteiger partial charge in [-0.05, 0) is 62.6 Å². The third-order valence-electron chi connectivity index (χ3n) is 4.75. The number of anilines is 1. The van der Waals surface area contributed by atoms with E-state index in [4.69, 9.17) is 8.94 Å². The van der Waals surface area contributed by atoms with Crippen LogP contribution in [0.2, 0.25) is 0 Å². The smallest absolute Gasteiger partial charge is 0.287 e. The summed E-state index contributed by atoms with van der Waals surface area (Å²) >= 11 is 0. The Morgan fingerprint density at radius 2 is 1.93 bits per heavy atom. The summed E-state index contributed by atoms with van der Waals surface area (Å²) in [7, 11) is 0. The number of furan rings is 1. The van der Waals surface area contributed by atoms with Gasteiger partial charge in [-0.1, -0.05) is 5.16 Å². The fraction of sp³-hybridized carbons (Fsp3) is 0.350. The summed E-state index contributed by atoms with van der Waals surface area (Å²) in [5, 5.41) is 6.83. The van der Waals surface area contributed by atoms with Crippen LogP contribution in [0.3, 0.4) is 0 Å². The normalized spacial score (nSPS) is 15.5. The van der Waals surface area contributed by atoms with Crippen LogP contribution >= 0.6 is 0 Å². The zero-order valence-electron chi connectivity index (χ0n) is 15.2. The van der Waals surface area contributed by atoms with E-state index in [1.165, 1.54) is 31.2 Å². The molecule has 0 bridgehead atoms. The number of rotatable bonds is 5. The van der Waals surface area contributed by atoms with Gasteiger partial charge in [0.1, 0.15) is 6.04 Å². The van der Waals surface area contributed by atoms with Crippen LogP contribution in [-0.4, -0.2) is 29.1 Å². The molecule has 1 amide bonds. The molecule has 3 aromatic rings. The van der Waals surface area contributed by atoms with Crippen LogP contribution in [0, 0.1) is 0 Å². The van der Waals surface area contributed by atoms with Crippen molar-refractivity contribution in [1.29, 1.82) is 0 Å². The monoisotopic (exact) mass is 366 g/mol. The molecule has 7 heteroatoms. The first kappa shape index (κ1) is 17.3. The molecular formula is C20H22N4O3. The van der Waals surface area contributed by atoms with Gasteiger partial charge < -0.3 is 19.2 Å². The lowest BCUT2D eigenvalue weighted by atomic mass is 10.1. The molecule has 1 unspecified atom stereocenters. The van der Waals surface area contributed by atoms with Gasteiger partial charge in [0.15, 0.2) is 5.76 Å². The molecule has 1 saturated heterocycles. The second-order valence-electron chi connectivity index (χ2n) is 6.72. The Labute approximate surface area is 157 Å². The van der Waals surface area contributed by atoms with Gasteiger partial charge in [0.2, 0.25) is 11.7 Å². The van der Waals surface area contributed by atoms with Crippen molar-refractivity contribution >= 4 is 11.6 Å². The third kappa shape index (κ3) is 3.86. The molecule has 0 saturated carbocycles. The number of aromatic nitrogens is 2. The van der Waals surface area contributed by atoms with Crippen molar-refractivity contribution in [2.45, 2.75) is 32.2 Å². The first-order valence-corrected chi connectivity index (χ1v) is 9.24. The van der Waals surface area contributed by atoms with Crippen molar-refractivity contribution < 1.29 is 13.7 Å². The molecular weight excluding hydrogens is 344 g/mol. The lowest BCUT2D eigenvalue weighted by molar-refractivity contribution is 0.0904. The maximum Gasteiger partial charge on any atom is 0.287 e. The van der Waals surface area contributed by atoms with Gasteiger partial charge in [-0.2, -0.15) is 4.98 Å². The standard InChI is InChI=1S/C20H22N4O3/c1-14(21-19(25)17-6-5-13-26-17)20-22-18(23-27-20)15-7-9-16(10-8-15)24-11-3-2-4-12-24/h5-10,13-14H,2-4,11-12H2,1H3,(H,21,25). The molecule has 27 heavy (non-hydrogen) atoms. The quantitative estimate of drug-likeness (QED) is 0.739. The summed E-state index contributed by atoms with van der Waals surface area (Å²) in [5.41, 5.74) is 2.11. The van der Waals surface area contributed by atoms with E-state index in [0.717, 1.165) is 18.7 Å². The Morgan fingerprint density at radius 3 is 2.63 bits per heavy atom. The molecule has 1 aromatic carbocycles. The predicted molar refractivity (Wildman–Crippen MR) is 100 cm³/mol. The molecule has 0 aliphatic carbocycles. The summed E-state index contributed by atoms with van der Waals surface area (Å²) in [5.74, 6) is 0.785. The van der Waals surface area contributed by atoms with Crippen molar-refractivity contribution in [3.63, 3.8) is 0 Å². The molecule has 1 N–H and O–H groups in total. The average Bonchev–Trinajstić information content (AvgIpc) is 3.41. The van der Waals surface area contributed by atoms with E-state index in [2.05, 4.69) is 32.5 Å². The number of carbonyl (C=O) groups is 1. The Morgan fingerprint density at radius 1 is 1.15 bits per heavy atom. The van der Waals surface area contributed by atoms with Crippen molar-refractivity contribution in [2.75, 3.05) is 18.0 Å². The van der Waals surface area contributed by atoms with Gasteiger partial charge in [0, 0.05) is 24.3 Å². The van der Waals surface area contributed by atoms with Gasteiger partial charge in [0.25, 0.3) is 5.91 Å². The maximum atomic E-state index is 12.1. The highest BCUT2D eigenvalue weighted by molar-refractivity contribution is 5.91. The number of hydrogen-bond acceptors (Lipinski definition) is 6. The molecule has 7 nitrogen and oxygen atoms in total. The largest absolute Gasteiger partial charge is 0.459 e. The summed E-state index contributed by atoms with van der Waals surface area (Å²) < 4.78 is 10.4. The molecule has 2 aromatic heterocycles. The van der Waals surface area contributed by atoms with Crippen molar-refractivity contribution in [3.05, 3.63) is 54.3 Å². The first-order valence-electron chi connectivity index (χ1n) is 9.24. The number of benzene rings is 1. The highest BCUT2D eigenvalue weighted by atomic mass is 16.5. The Balaban J connectivity index is 1.43. The highest BCUT2D eigenvalue weighted by Gasteiger charge is 2.19. The number of nitrogens with one attached hydrogen (secondary N) is 1. The summed E-state index contributed by atoms with van der Waals surface area (Å²) in [6, 6.07) is 11.0. The number of carbonyl (C=O) groups excluding carboxylic acids is 1. The van der Waals surface area contributed by atoms with Gasteiger partial charge >= 0.3 is 0 Å². The molecule has 0 spiro atoms. The highest BCUT2D eigenvalue weighted by Crippen LogP contribution is 2.24. The Hall–Kier alpha value is -3.09. The van der Waals surface area contributed by atoms with E-state index in [1.54, 1.807) is 19.1 Å². The molecule has 1 fully saturated rings. The van der Waals surface area contributed by atoms with Crippen LogP contribution in [0.5, 0.6) is 0 Å². The molecule has 1 aliphatic heterocycles. The molecule has 1 aliphatic rings. The number of piperidine rings is 1. The second kappa shape index (κ2) is 7.65. The number of nitrogens with zero attached hydrogens (tertiary/aromatic N) is 3. The van der Waals surface area contributed by atoms with E-state index < -0.39 is 6.04 Å². The van der Waals surface area contributed by atoms with Crippen molar-refractivity contribution in [2.24, 2.45) is 0 Å². The Bertz CT molecular complexity index is 880. The van der Waals surface area contributed by atoms with Crippen molar-refractivity contribution in [3.8, 4) is 11.4 Å². The SMILES string of the molecule is CC(NC(=O)c1ccco1)c1nc(-c2ccc(N3CCCCC3)cc2)no1. The van der Waals surface area contributed by atoms with Crippen LogP contribution in [-0.2, 0) is 0 Å². The number of hydrogen-bond donors (Lipinski definition) is 1. The van der Waals surface area contributed by atoms with Gasteiger partial charge in [-0.25, -0.2) is 0 Å². The summed E-state index contributed by atoms with van der Waals surface area (Å²) in [6.07, 6.45) is 5.27. The molecule has 4 rings (SSSR count). The van der Waals surface area contributed by atoms with Crippen LogP contribution in [0.1, 0.15) is 48.7 Å². The summed E-state index contributed by atoms with van der Waals surface area (Å²) in [6.45, 7) is 4.01. The van der Waals surface area contributed by atoms with Crippen LogP contribution < -0.4 is 10.2 Å². The van der Waals surface area contributed by atoms with E-state index in [0.29, 0.717) is 11.7 Å². The predicted octanol–water partition coefficient (Wildman–Crippen LogP) is 3.81. The molecule has 140 valence electrons. The minimum atomic E-state index is -0.420. The van der Waals surface area contributed by atoms with E-state index >= 15 is 0 Å². The maximum absolute atomic E-state index is 12.1. The molecule has 1 atom stereocenters. The minimum absolute atomic E-state index is 0.245. The minimum Gasteiger partial charge on any atom is -0.459 e. The van der Waals surface area contributed by atoms with E-state index in [1.807, 2.05) is 12.1 Å². The molecule has 3 heterocycles. The van der Waals surface area contributed by atoms with Crippen molar-refractivity contribution in [1.82, 2.24) is 15.5 Å². The van der Waals surface area contributed by atoms with Crippen LogP contribution in [0.4, 0.5) is 5.69 Å². The zero-order valence-corrected chi connectivity index (χ0v) is 15.2. The van der Waals surface area contributed by atoms with E-state index in [-0.39, 0.29) is 11.7 Å². The van der Waals surface area contributed by atoms with Gasteiger partial charge in [-0.15, -0.1) is 0 Å². The first-order chi connectivity index (χ1) is 13.2.